The monoisotopic (exact) mass is 287 g/mol. The van der Waals surface area contributed by atoms with E-state index in [1.807, 2.05) is 0 Å². The Balaban J connectivity index is -0.0000000575. The van der Waals surface area contributed by atoms with Crippen LogP contribution in [0.25, 0.3) is 0 Å². The quantitative estimate of drug-likeness (QED) is 0.612. The van der Waals surface area contributed by atoms with E-state index in [4.69, 9.17) is 9.90 Å². The van der Waals surface area contributed by atoms with Crippen molar-refractivity contribution in [3.8, 4) is 0 Å². The first-order valence-electron chi connectivity index (χ1n) is 1.63. The molecule has 0 aliphatic heterocycles. The molecule has 0 aliphatic rings. The molecule has 8 heavy (non-hydrogen) atoms. The molecule has 0 fully saturated rings. The fraction of sp³-hybridized carbons (Fsp3) is 0.250. The molecule has 4 heteroatoms. The van der Waals surface area contributed by atoms with Crippen LogP contribution in [0.15, 0.2) is 0 Å². The third-order valence-electron chi connectivity index (χ3n) is 0. The second-order valence-corrected chi connectivity index (χ2v) is 0.747. The van der Waals surface area contributed by atoms with Gasteiger partial charge in [-0.3, -0.25) is 18.8 Å². The van der Waals surface area contributed by atoms with Crippen LogP contribution in [-0.4, -0.2) is 18.1 Å². The molecule has 0 spiro atoms. The molecule has 0 amide bonds. The molecule has 0 rings (SSSR count). The van der Waals surface area contributed by atoms with Crippen molar-refractivity contribution in [3.63, 3.8) is 0 Å². The number of hydrogen-bond donors (Lipinski definition) is 2. The maximum absolute atomic E-state index is 8.89. The minimum atomic E-state index is -1.08. The zero-order chi connectivity index (χ0) is 6.28. The van der Waals surface area contributed by atoms with Gasteiger partial charge in [0.05, 0.1) is 0 Å². The van der Waals surface area contributed by atoms with Crippen molar-refractivity contribution in [2.24, 2.45) is 0 Å². The molecule has 0 atom stereocenters. The van der Waals surface area contributed by atoms with Gasteiger partial charge in [0.25, 0.3) is 0 Å². The van der Waals surface area contributed by atoms with Crippen molar-refractivity contribution < 1.29 is 31.0 Å². The topological polar surface area (TPSA) is 49.3 Å². The maximum Gasteiger partial charge on any atom is 2.00 e. The molecule has 2 N–H and O–H groups in total. The Kier molecular flexibility index (Phi) is 30.9. The van der Waals surface area contributed by atoms with E-state index in [1.165, 1.54) is 0 Å². The standard InChI is InChI=1S/C2H6N.C2H3O2.W/c1-3-2;1-2(3)4;/h3H,1H2,2H3;1H2,(H,3,4);/q2*-1;+2. The van der Waals surface area contributed by atoms with Crippen molar-refractivity contribution in [2.45, 2.75) is 0 Å². The fourth-order valence-electron chi connectivity index (χ4n) is 0. The van der Waals surface area contributed by atoms with E-state index in [2.05, 4.69) is 19.3 Å². The maximum atomic E-state index is 8.89. The Morgan fingerprint density at radius 1 is 1.75 bits per heavy atom. The Hall–Kier alpha value is -0.0117. The van der Waals surface area contributed by atoms with Gasteiger partial charge >= 0.3 is 21.1 Å². The second kappa shape index (κ2) is 15.8. The normalized spacial score (nSPS) is 5.25. The summed E-state index contributed by atoms with van der Waals surface area (Å²) in [5.41, 5.74) is 0. The van der Waals surface area contributed by atoms with Crippen LogP contribution in [0.4, 0.5) is 0 Å². The minimum absolute atomic E-state index is 0. The molecular formula is C4H9NO2W. The fourth-order valence-corrected chi connectivity index (χ4v) is 0. The van der Waals surface area contributed by atoms with Crippen molar-refractivity contribution in [3.05, 3.63) is 14.0 Å². The molecule has 48 valence electrons. The molecule has 0 saturated carbocycles. The van der Waals surface area contributed by atoms with Crippen LogP contribution < -0.4 is 5.32 Å². The summed E-state index contributed by atoms with van der Waals surface area (Å²) in [7, 11) is 5.00. The number of carbonyl (C=O) groups is 1. The first-order valence-corrected chi connectivity index (χ1v) is 1.63. The average Bonchev–Trinajstić information content (AvgIpc) is 1.33. The van der Waals surface area contributed by atoms with Crippen molar-refractivity contribution in [1.29, 1.82) is 0 Å². The van der Waals surface area contributed by atoms with Crippen molar-refractivity contribution in [1.82, 2.24) is 5.32 Å². The van der Waals surface area contributed by atoms with Gasteiger partial charge in [-0.05, 0) is 7.05 Å². The third-order valence-corrected chi connectivity index (χ3v) is 0. The van der Waals surface area contributed by atoms with Gasteiger partial charge in [-0.1, -0.05) is 0 Å². The predicted octanol–water partition coefficient (Wildman–Crippen LogP) is -0.100. The molecule has 0 unspecified atom stereocenters. The average molecular weight is 287 g/mol. The number of nitrogens with one attached hydrogen (secondary N) is 1. The number of carboxylic acids is 1. The van der Waals surface area contributed by atoms with Crippen LogP contribution in [-0.2, 0) is 25.9 Å². The summed E-state index contributed by atoms with van der Waals surface area (Å²) in [6, 6.07) is 0. The summed E-state index contributed by atoms with van der Waals surface area (Å²) in [5.74, 6) is -1.08. The van der Waals surface area contributed by atoms with Gasteiger partial charge in [0.15, 0.2) is 5.97 Å². The summed E-state index contributed by atoms with van der Waals surface area (Å²) >= 11 is 0. The number of rotatable bonds is 0. The molecule has 0 bridgehead atoms. The Labute approximate surface area is 63.7 Å². The van der Waals surface area contributed by atoms with E-state index < -0.39 is 5.97 Å². The summed E-state index contributed by atoms with van der Waals surface area (Å²) in [4.78, 5) is 8.89. The zero-order valence-corrected chi connectivity index (χ0v) is 7.61. The van der Waals surface area contributed by atoms with E-state index in [1.54, 1.807) is 7.05 Å². The van der Waals surface area contributed by atoms with Gasteiger partial charge in [0, 0.05) is 0 Å². The molecule has 0 radical (unpaired) electrons. The van der Waals surface area contributed by atoms with Crippen LogP contribution in [0.2, 0.25) is 0 Å². The van der Waals surface area contributed by atoms with Gasteiger partial charge < -0.3 is 10.4 Å². The smallest absolute Gasteiger partial charge is 0.503 e. The number of carboxylic acid groups (broad SMARTS) is 1. The first kappa shape index (κ1) is 15.7. The molecule has 3 nitrogen and oxygen atoms in total. The SMILES string of the molecule is [CH2-]C(=O)O.[CH2-]NC.[W+2]. The zero-order valence-electron chi connectivity index (χ0n) is 4.68. The van der Waals surface area contributed by atoms with Gasteiger partial charge in [0.1, 0.15) is 0 Å². The molecule has 0 saturated heterocycles. The molecular weight excluding hydrogens is 278 g/mol. The third kappa shape index (κ3) is 1090000. The van der Waals surface area contributed by atoms with E-state index in [-0.39, 0.29) is 21.1 Å². The summed E-state index contributed by atoms with van der Waals surface area (Å²) in [6.45, 7) is 2.56. The largest absolute Gasteiger partial charge is 2.00 e. The molecule has 0 aromatic carbocycles. The van der Waals surface area contributed by atoms with Gasteiger partial charge in [-0.15, -0.1) is 0 Å². The van der Waals surface area contributed by atoms with E-state index in [0.717, 1.165) is 0 Å². The van der Waals surface area contributed by atoms with Crippen LogP contribution in [0, 0.1) is 14.0 Å². The predicted molar refractivity (Wildman–Crippen MR) is 27.4 cm³/mol. The van der Waals surface area contributed by atoms with Crippen LogP contribution in [0.1, 0.15) is 0 Å². The van der Waals surface area contributed by atoms with Crippen molar-refractivity contribution in [2.75, 3.05) is 7.05 Å². The van der Waals surface area contributed by atoms with E-state index in [0.29, 0.717) is 0 Å². The van der Waals surface area contributed by atoms with E-state index >= 15 is 0 Å². The summed E-state index contributed by atoms with van der Waals surface area (Å²) in [5, 5.41) is 9.81. The summed E-state index contributed by atoms with van der Waals surface area (Å²) < 4.78 is 0. The number of hydrogen-bond acceptors (Lipinski definition) is 2. The number of aliphatic carboxylic acids is 1. The Bertz CT molecular complexity index is 45.3. The van der Waals surface area contributed by atoms with Gasteiger partial charge in [-0.2, -0.15) is 0 Å². The van der Waals surface area contributed by atoms with E-state index in [9.17, 15) is 0 Å². The van der Waals surface area contributed by atoms with Gasteiger partial charge in [0.2, 0.25) is 0 Å². The molecule has 0 heterocycles. The van der Waals surface area contributed by atoms with Crippen molar-refractivity contribution >= 4 is 5.97 Å². The minimum Gasteiger partial charge on any atom is -0.503 e. The van der Waals surface area contributed by atoms with Crippen LogP contribution in [0.5, 0.6) is 0 Å². The molecule has 0 aromatic heterocycles. The first-order chi connectivity index (χ1) is 3.15. The van der Waals surface area contributed by atoms with Crippen LogP contribution in [0.3, 0.4) is 0 Å². The second-order valence-electron chi connectivity index (χ2n) is 0.747. The Morgan fingerprint density at radius 3 is 1.75 bits per heavy atom. The Morgan fingerprint density at radius 2 is 1.75 bits per heavy atom. The van der Waals surface area contributed by atoms with Gasteiger partial charge in [-0.25, -0.2) is 0 Å². The molecule has 0 aliphatic carbocycles. The summed E-state index contributed by atoms with van der Waals surface area (Å²) in [6.07, 6.45) is 0. The molecule has 0 aromatic rings. The van der Waals surface area contributed by atoms with Crippen LogP contribution >= 0.6 is 0 Å².